The number of carbonyl (C=O) groups excluding carboxylic acids is 1. The third kappa shape index (κ3) is 42.0. The molecule has 0 aliphatic carbocycles. The molecule has 5 heteroatoms. The van der Waals surface area contributed by atoms with Crippen molar-refractivity contribution in [2.45, 2.75) is 270 Å². The van der Waals surface area contributed by atoms with Crippen LogP contribution in [0.15, 0.2) is 36.5 Å². The van der Waals surface area contributed by atoms with E-state index in [9.17, 15) is 20.1 Å². The maximum Gasteiger partial charge on any atom is 0.222 e. The van der Waals surface area contributed by atoms with Crippen LogP contribution in [-0.2, 0) is 4.79 Å². The van der Waals surface area contributed by atoms with Crippen LogP contribution < -0.4 is 5.32 Å². The second-order valence-electron chi connectivity index (χ2n) is 16.7. The van der Waals surface area contributed by atoms with Gasteiger partial charge in [-0.1, -0.05) is 237 Å². The molecule has 0 fully saturated rings. The zero-order chi connectivity index (χ0) is 40.1. The number of carbonyl (C=O) groups is 1. The molecule has 0 radical (unpaired) electrons. The molecule has 0 aliphatic heterocycles. The van der Waals surface area contributed by atoms with Gasteiger partial charge in [0.05, 0.1) is 31.3 Å². The Bertz CT molecular complexity index is 855. The average molecular weight is 774 g/mol. The van der Waals surface area contributed by atoms with Crippen LogP contribution in [0.4, 0.5) is 0 Å². The Balaban J connectivity index is 3.69. The molecule has 1 amide bonds. The molecule has 0 spiro atoms. The van der Waals surface area contributed by atoms with Gasteiger partial charge in [-0.3, -0.25) is 4.79 Å². The number of unbranched alkanes of at least 4 members (excludes halogenated alkanes) is 31. The Morgan fingerprint density at radius 2 is 0.782 bits per heavy atom. The van der Waals surface area contributed by atoms with Crippen LogP contribution in [-0.4, -0.2) is 46.1 Å². The molecule has 0 aromatic heterocycles. The monoisotopic (exact) mass is 774 g/mol. The molecule has 0 heterocycles. The first kappa shape index (κ1) is 53.6. The standard InChI is InChI=1S/C50H95NO4/c1-3-5-7-9-11-13-15-17-19-21-23-24-25-26-28-30-32-34-36-38-40-42-44-49(54)48(46-52)51-50(55)45-47(53)43-41-39-37-35-33-31-29-27-22-20-18-16-14-12-10-8-6-4-2/h26,28,34,36,42,44,47-49,52-54H,3-25,27,29-33,35,37-41,43,45-46H2,1-2H3,(H,51,55)/b28-26+,36-34+,44-42+. The van der Waals surface area contributed by atoms with Crippen LogP contribution in [0.25, 0.3) is 0 Å². The van der Waals surface area contributed by atoms with Gasteiger partial charge in [-0.25, -0.2) is 0 Å². The molecule has 5 nitrogen and oxygen atoms in total. The predicted molar refractivity (Wildman–Crippen MR) is 241 cm³/mol. The molecule has 0 aromatic rings. The van der Waals surface area contributed by atoms with E-state index >= 15 is 0 Å². The molecule has 3 unspecified atom stereocenters. The van der Waals surface area contributed by atoms with E-state index in [0.29, 0.717) is 6.42 Å². The molecule has 324 valence electrons. The number of aliphatic hydroxyl groups excluding tert-OH is 3. The van der Waals surface area contributed by atoms with E-state index in [1.165, 1.54) is 186 Å². The highest BCUT2D eigenvalue weighted by Gasteiger charge is 2.20. The molecular weight excluding hydrogens is 679 g/mol. The molecule has 0 saturated carbocycles. The molecule has 55 heavy (non-hydrogen) atoms. The Morgan fingerprint density at radius 3 is 1.16 bits per heavy atom. The van der Waals surface area contributed by atoms with Gasteiger partial charge in [0, 0.05) is 0 Å². The van der Waals surface area contributed by atoms with E-state index < -0.39 is 18.2 Å². The highest BCUT2D eigenvalue weighted by Crippen LogP contribution is 2.16. The number of allylic oxidation sites excluding steroid dienone is 5. The molecule has 4 N–H and O–H groups in total. The van der Waals surface area contributed by atoms with E-state index in [2.05, 4.69) is 43.5 Å². The molecule has 0 rings (SSSR count). The maximum absolute atomic E-state index is 12.5. The van der Waals surface area contributed by atoms with Crippen molar-refractivity contribution in [3.05, 3.63) is 36.5 Å². The van der Waals surface area contributed by atoms with Crippen LogP contribution in [0.1, 0.15) is 251 Å². The quantitative estimate of drug-likeness (QED) is 0.0367. The van der Waals surface area contributed by atoms with Gasteiger partial charge in [0.1, 0.15) is 0 Å². The lowest BCUT2D eigenvalue weighted by Crippen LogP contribution is -2.45. The summed E-state index contributed by atoms with van der Waals surface area (Å²) in [5.41, 5.74) is 0. The third-order valence-electron chi connectivity index (χ3n) is 11.2. The topological polar surface area (TPSA) is 89.8 Å². The molecule has 0 saturated heterocycles. The minimum Gasteiger partial charge on any atom is -0.394 e. The molecule has 3 atom stereocenters. The summed E-state index contributed by atoms with van der Waals surface area (Å²) in [6.45, 7) is 4.22. The zero-order valence-corrected chi connectivity index (χ0v) is 36.8. The summed E-state index contributed by atoms with van der Waals surface area (Å²) in [4.78, 5) is 12.5. The summed E-state index contributed by atoms with van der Waals surface area (Å²) in [7, 11) is 0. The summed E-state index contributed by atoms with van der Waals surface area (Å²) in [5, 5.41) is 33.3. The SMILES string of the molecule is CCCCCCCCCCCCCC/C=C/CC/C=C/CC/C=C/C(O)C(CO)NC(=O)CC(O)CCCCCCCCCCCCCCCCCCCC. The molecule has 0 aromatic carbocycles. The summed E-state index contributed by atoms with van der Waals surface area (Å²) in [5.74, 6) is -0.326. The minimum atomic E-state index is -0.958. The van der Waals surface area contributed by atoms with Gasteiger partial charge in [-0.2, -0.15) is 0 Å². The Morgan fingerprint density at radius 1 is 0.455 bits per heavy atom. The first-order valence-electron chi connectivity index (χ1n) is 24.3. The summed E-state index contributed by atoms with van der Waals surface area (Å²) < 4.78 is 0. The van der Waals surface area contributed by atoms with Crippen molar-refractivity contribution >= 4 is 5.91 Å². The fraction of sp³-hybridized carbons (Fsp3) is 0.860. The smallest absolute Gasteiger partial charge is 0.222 e. The summed E-state index contributed by atoms with van der Waals surface area (Å²) in [6.07, 6.45) is 57.3. The number of rotatable bonds is 44. The first-order valence-corrected chi connectivity index (χ1v) is 24.3. The van der Waals surface area contributed by atoms with Crippen molar-refractivity contribution in [2.75, 3.05) is 6.61 Å². The predicted octanol–water partition coefficient (Wildman–Crippen LogP) is 14.3. The third-order valence-corrected chi connectivity index (χ3v) is 11.2. The Hall–Kier alpha value is -1.43. The largest absolute Gasteiger partial charge is 0.394 e. The van der Waals surface area contributed by atoms with Gasteiger partial charge in [-0.05, 0) is 44.9 Å². The minimum absolute atomic E-state index is 0.00524. The van der Waals surface area contributed by atoms with Gasteiger partial charge in [-0.15, -0.1) is 0 Å². The molecule has 0 aliphatic rings. The lowest BCUT2D eigenvalue weighted by Gasteiger charge is -2.21. The van der Waals surface area contributed by atoms with E-state index in [1.54, 1.807) is 6.08 Å². The van der Waals surface area contributed by atoms with E-state index in [4.69, 9.17) is 0 Å². The summed E-state index contributed by atoms with van der Waals surface area (Å²) in [6, 6.07) is -0.765. The summed E-state index contributed by atoms with van der Waals surface area (Å²) >= 11 is 0. The average Bonchev–Trinajstić information content (AvgIpc) is 3.18. The Labute approximate surface area is 343 Å². The van der Waals surface area contributed by atoms with Crippen LogP contribution in [0, 0.1) is 0 Å². The fourth-order valence-corrected chi connectivity index (χ4v) is 7.43. The second kappa shape index (κ2) is 45.3. The van der Waals surface area contributed by atoms with Crippen molar-refractivity contribution in [1.82, 2.24) is 5.32 Å². The molecular formula is C50H95NO4. The normalized spacial score (nSPS) is 13.8. The van der Waals surface area contributed by atoms with Gasteiger partial charge in [0.15, 0.2) is 0 Å². The van der Waals surface area contributed by atoms with Crippen molar-refractivity contribution in [3.63, 3.8) is 0 Å². The van der Waals surface area contributed by atoms with Crippen molar-refractivity contribution in [2.24, 2.45) is 0 Å². The van der Waals surface area contributed by atoms with Crippen LogP contribution >= 0.6 is 0 Å². The first-order chi connectivity index (χ1) is 27.0. The number of hydrogen-bond donors (Lipinski definition) is 4. The number of aliphatic hydroxyl groups is 3. The Kier molecular flexibility index (Phi) is 44.1. The van der Waals surface area contributed by atoms with E-state index in [0.717, 1.165) is 38.5 Å². The maximum atomic E-state index is 12.5. The highest BCUT2D eigenvalue weighted by atomic mass is 16.3. The second-order valence-corrected chi connectivity index (χ2v) is 16.7. The van der Waals surface area contributed by atoms with Crippen molar-refractivity contribution in [3.8, 4) is 0 Å². The van der Waals surface area contributed by atoms with Gasteiger partial charge in [0.25, 0.3) is 0 Å². The number of hydrogen-bond acceptors (Lipinski definition) is 4. The van der Waals surface area contributed by atoms with Crippen LogP contribution in [0.3, 0.4) is 0 Å². The van der Waals surface area contributed by atoms with E-state index in [1.807, 2.05) is 6.08 Å². The number of amides is 1. The van der Waals surface area contributed by atoms with Gasteiger partial charge in [0.2, 0.25) is 5.91 Å². The van der Waals surface area contributed by atoms with Crippen LogP contribution in [0.5, 0.6) is 0 Å². The number of nitrogens with one attached hydrogen (secondary N) is 1. The molecule has 0 bridgehead atoms. The highest BCUT2D eigenvalue weighted by molar-refractivity contribution is 5.76. The van der Waals surface area contributed by atoms with E-state index in [-0.39, 0.29) is 18.9 Å². The van der Waals surface area contributed by atoms with Crippen molar-refractivity contribution in [1.29, 1.82) is 0 Å². The van der Waals surface area contributed by atoms with Crippen LogP contribution in [0.2, 0.25) is 0 Å². The van der Waals surface area contributed by atoms with Gasteiger partial charge < -0.3 is 20.6 Å². The lowest BCUT2D eigenvalue weighted by atomic mass is 10.0. The van der Waals surface area contributed by atoms with Crippen molar-refractivity contribution < 1.29 is 20.1 Å². The zero-order valence-electron chi connectivity index (χ0n) is 36.8. The fourth-order valence-electron chi connectivity index (χ4n) is 7.43. The lowest BCUT2D eigenvalue weighted by molar-refractivity contribution is -0.124. The van der Waals surface area contributed by atoms with Gasteiger partial charge >= 0.3 is 0 Å².